The van der Waals surface area contributed by atoms with Crippen molar-refractivity contribution < 1.29 is 30.3 Å². The number of alkyl halides is 3. The van der Waals surface area contributed by atoms with E-state index in [4.69, 9.17) is 10.5 Å². The topological polar surface area (TPSA) is 35.2 Å². The number of ether oxygens (including phenoxy) is 1. The molecule has 0 aliphatic carbocycles. The van der Waals surface area contributed by atoms with E-state index in [2.05, 4.69) is 0 Å². The van der Waals surface area contributed by atoms with E-state index in [0.717, 1.165) is 12.1 Å². The predicted molar refractivity (Wildman–Crippen MR) is 51.6 cm³/mol. The van der Waals surface area contributed by atoms with Crippen molar-refractivity contribution in [3.8, 4) is 5.75 Å². The molecule has 1 aromatic rings. The van der Waals surface area contributed by atoms with Gasteiger partial charge in [0.15, 0.2) is 0 Å². The summed E-state index contributed by atoms with van der Waals surface area (Å²) in [4.78, 5) is 0. The monoisotopic (exact) mass is 254 g/mol. The molecular formula is C10H12ClF3NO-. The van der Waals surface area contributed by atoms with Crippen molar-refractivity contribution in [1.82, 2.24) is 0 Å². The van der Waals surface area contributed by atoms with Crippen LogP contribution in [0, 0.1) is 0 Å². The van der Waals surface area contributed by atoms with Crippen LogP contribution in [0.15, 0.2) is 18.2 Å². The van der Waals surface area contributed by atoms with Crippen molar-refractivity contribution >= 4 is 5.69 Å². The van der Waals surface area contributed by atoms with Crippen molar-refractivity contribution in [2.45, 2.75) is 26.1 Å². The van der Waals surface area contributed by atoms with E-state index in [1.807, 2.05) is 0 Å². The van der Waals surface area contributed by atoms with Gasteiger partial charge in [0.1, 0.15) is 5.75 Å². The van der Waals surface area contributed by atoms with E-state index >= 15 is 0 Å². The SMILES string of the molecule is CC(C)Oc1ccc(C(F)(F)F)cc1N.[Cl-]. The highest BCUT2D eigenvalue weighted by Gasteiger charge is 2.30. The first-order valence-electron chi connectivity index (χ1n) is 4.44. The summed E-state index contributed by atoms with van der Waals surface area (Å²) >= 11 is 0. The molecule has 0 saturated heterocycles. The molecule has 1 aromatic carbocycles. The fraction of sp³-hybridized carbons (Fsp3) is 0.400. The third-order valence-corrected chi connectivity index (χ3v) is 1.70. The first kappa shape index (κ1) is 14.9. The van der Waals surface area contributed by atoms with Gasteiger partial charge in [-0.3, -0.25) is 0 Å². The molecule has 0 saturated carbocycles. The van der Waals surface area contributed by atoms with Crippen LogP contribution >= 0.6 is 0 Å². The van der Waals surface area contributed by atoms with Crippen LogP contribution in [0.4, 0.5) is 18.9 Å². The Bertz CT molecular complexity index is 352. The minimum absolute atomic E-state index is 0. The van der Waals surface area contributed by atoms with Gasteiger partial charge in [-0.25, -0.2) is 0 Å². The average Bonchev–Trinajstić information content (AvgIpc) is 2.05. The van der Waals surface area contributed by atoms with Crippen LogP contribution in [-0.2, 0) is 6.18 Å². The van der Waals surface area contributed by atoms with Gasteiger partial charge in [-0.1, -0.05) is 0 Å². The molecule has 0 aromatic heterocycles. The fourth-order valence-electron chi connectivity index (χ4n) is 1.09. The van der Waals surface area contributed by atoms with Crippen LogP contribution in [0.1, 0.15) is 19.4 Å². The van der Waals surface area contributed by atoms with E-state index in [1.165, 1.54) is 6.07 Å². The molecule has 0 aliphatic heterocycles. The van der Waals surface area contributed by atoms with Crippen molar-refractivity contribution in [3.05, 3.63) is 23.8 Å². The van der Waals surface area contributed by atoms with Crippen molar-refractivity contribution in [1.29, 1.82) is 0 Å². The summed E-state index contributed by atoms with van der Waals surface area (Å²) in [7, 11) is 0. The van der Waals surface area contributed by atoms with Crippen LogP contribution in [0.3, 0.4) is 0 Å². The summed E-state index contributed by atoms with van der Waals surface area (Å²) in [6.07, 6.45) is -4.49. The molecule has 0 spiro atoms. The smallest absolute Gasteiger partial charge is 0.416 e. The maximum Gasteiger partial charge on any atom is 0.416 e. The highest BCUT2D eigenvalue weighted by Crippen LogP contribution is 2.33. The highest BCUT2D eigenvalue weighted by molar-refractivity contribution is 5.54. The molecule has 2 N–H and O–H groups in total. The Kier molecular flexibility index (Phi) is 4.93. The van der Waals surface area contributed by atoms with E-state index in [0.29, 0.717) is 0 Å². The summed E-state index contributed by atoms with van der Waals surface area (Å²) in [6.45, 7) is 3.55. The highest BCUT2D eigenvalue weighted by atomic mass is 35.5. The average molecular weight is 255 g/mol. The normalized spacial score (nSPS) is 11.1. The quantitative estimate of drug-likeness (QED) is 0.759. The van der Waals surface area contributed by atoms with Crippen LogP contribution < -0.4 is 22.9 Å². The van der Waals surface area contributed by atoms with E-state index in [-0.39, 0.29) is 29.9 Å². The first-order valence-corrected chi connectivity index (χ1v) is 4.44. The molecule has 0 radical (unpaired) electrons. The van der Waals surface area contributed by atoms with Gasteiger partial charge in [0.05, 0.1) is 17.4 Å². The second kappa shape index (κ2) is 5.30. The van der Waals surface area contributed by atoms with Gasteiger partial charge in [-0.05, 0) is 32.0 Å². The predicted octanol–water partition coefficient (Wildman–Crippen LogP) is 0.0788. The fourth-order valence-corrected chi connectivity index (χ4v) is 1.09. The Morgan fingerprint density at radius 3 is 2.19 bits per heavy atom. The maximum absolute atomic E-state index is 12.3. The zero-order valence-electron chi connectivity index (χ0n) is 8.81. The van der Waals surface area contributed by atoms with Gasteiger partial charge in [0.2, 0.25) is 0 Å². The summed E-state index contributed by atoms with van der Waals surface area (Å²) < 4.78 is 42.0. The Balaban J connectivity index is 0.00000225. The molecule has 6 heteroatoms. The standard InChI is InChI=1S/C10H12F3NO.ClH/c1-6(2)15-9-4-3-7(5-8(9)14)10(11,12)13;/h3-6H,14H2,1-2H3;1H/p-1. The van der Waals surface area contributed by atoms with Crippen molar-refractivity contribution in [3.63, 3.8) is 0 Å². The zero-order valence-corrected chi connectivity index (χ0v) is 9.56. The third kappa shape index (κ3) is 3.81. The number of halogens is 4. The summed E-state index contributed by atoms with van der Waals surface area (Å²) in [5, 5.41) is 0. The van der Waals surface area contributed by atoms with E-state index < -0.39 is 11.7 Å². The largest absolute Gasteiger partial charge is 1.00 e. The number of hydrogen-bond donors (Lipinski definition) is 1. The van der Waals surface area contributed by atoms with E-state index in [9.17, 15) is 13.2 Å². The third-order valence-electron chi connectivity index (χ3n) is 1.70. The lowest BCUT2D eigenvalue weighted by molar-refractivity contribution is -0.137. The molecule has 16 heavy (non-hydrogen) atoms. The molecule has 0 atom stereocenters. The summed E-state index contributed by atoms with van der Waals surface area (Å²) in [5.41, 5.74) is 4.67. The molecule has 0 fully saturated rings. The van der Waals surface area contributed by atoms with Gasteiger partial charge in [-0.15, -0.1) is 0 Å². The number of nitrogens with two attached hydrogens (primary N) is 1. The van der Waals surface area contributed by atoms with Crippen LogP contribution in [-0.4, -0.2) is 6.10 Å². The Morgan fingerprint density at radius 2 is 1.81 bits per heavy atom. The van der Waals surface area contributed by atoms with Gasteiger partial charge in [0.25, 0.3) is 0 Å². The molecule has 1 rings (SSSR count). The molecule has 0 unspecified atom stereocenters. The minimum atomic E-state index is -4.37. The molecule has 92 valence electrons. The van der Waals surface area contributed by atoms with Crippen LogP contribution in [0.2, 0.25) is 0 Å². The Hall–Kier alpha value is -1.10. The Labute approximate surface area is 98.0 Å². The number of hydrogen-bond acceptors (Lipinski definition) is 2. The van der Waals surface area contributed by atoms with Gasteiger partial charge < -0.3 is 22.9 Å². The maximum atomic E-state index is 12.3. The zero-order chi connectivity index (χ0) is 11.6. The van der Waals surface area contributed by atoms with E-state index in [1.54, 1.807) is 13.8 Å². The molecule has 2 nitrogen and oxygen atoms in total. The lowest BCUT2D eigenvalue weighted by Crippen LogP contribution is -3.00. The summed E-state index contributed by atoms with van der Waals surface area (Å²) in [5.74, 6) is 0.276. The van der Waals surface area contributed by atoms with Gasteiger partial charge in [0, 0.05) is 0 Å². The number of benzene rings is 1. The Morgan fingerprint density at radius 1 is 1.25 bits per heavy atom. The number of anilines is 1. The molecule has 0 aliphatic rings. The molecular weight excluding hydrogens is 243 g/mol. The number of nitrogen functional groups attached to an aromatic ring is 1. The van der Waals surface area contributed by atoms with Crippen LogP contribution in [0.25, 0.3) is 0 Å². The molecule has 0 heterocycles. The molecule has 0 bridgehead atoms. The minimum Gasteiger partial charge on any atom is -1.00 e. The van der Waals surface area contributed by atoms with Crippen molar-refractivity contribution in [2.24, 2.45) is 0 Å². The lowest BCUT2D eigenvalue weighted by Gasteiger charge is -2.14. The van der Waals surface area contributed by atoms with Gasteiger partial charge in [-0.2, -0.15) is 13.2 Å². The molecule has 0 amide bonds. The second-order valence-corrected chi connectivity index (χ2v) is 3.42. The first-order chi connectivity index (χ1) is 6.80. The summed E-state index contributed by atoms with van der Waals surface area (Å²) in [6, 6.07) is 3.06. The van der Waals surface area contributed by atoms with Crippen molar-refractivity contribution in [2.75, 3.05) is 5.73 Å². The lowest BCUT2D eigenvalue weighted by atomic mass is 10.2. The second-order valence-electron chi connectivity index (χ2n) is 3.42. The number of rotatable bonds is 2. The van der Waals surface area contributed by atoms with Crippen LogP contribution in [0.5, 0.6) is 5.75 Å². The van der Waals surface area contributed by atoms with Gasteiger partial charge >= 0.3 is 6.18 Å².